The molecule has 24 heavy (non-hydrogen) atoms. The highest BCUT2D eigenvalue weighted by Crippen LogP contribution is 2.41. The van der Waals surface area contributed by atoms with E-state index in [4.69, 9.17) is 4.42 Å². The van der Waals surface area contributed by atoms with Gasteiger partial charge >= 0.3 is 11.5 Å². The fourth-order valence-electron chi connectivity index (χ4n) is 3.77. The number of hydrogen-bond acceptors (Lipinski definition) is 0. The highest BCUT2D eigenvalue weighted by Gasteiger charge is 2.31. The van der Waals surface area contributed by atoms with E-state index in [1.807, 2.05) is 0 Å². The molecular weight excluding hydrogens is 292 g/mol. The van der Waals surface area contributed by atoms with Gasteiger partial charge in [0.25, 0.3) is 0 Å². The predicted molar refractivity (Wildman–Crippen MR) is 99.0 cm³/mol. The lowest BCUT2D eigenvalue weighted by Gasteiger charge is -2.02. The number of aryl methyl sites for hydroxylation is 1. The summed E-state index contributed by atoms with van der Waals surface area (Å²) in [5, 5.41) is 2.50. The van der Waals surface area contributed by atoms with Gasteiger partial charge in [0.1, 0.15) is 0 Å². The van der Waals surface area contributed by atoms with Crippen LogP contribution in [0.15, 0.2) is 77.2 Å². The van der Waals surface area contributed by atoms with Gasteiger partial charge in [0.15, 0.2) is 0 Å². The highest BCUT2D eigenvalue weighted by atomic mass is 16.3. The average molecular weight is 309 g/mol. The molecule has 1 aliphatic carbocycles. The second-order valence-electron chi connectivity index (χ2n) is 6.49. The molecular formula is C23H17O+. The molecule has 1 heteroatoms. The van der Waals surface area contributed by atoms with E-state index >= 15 is 0 Å². The van der Waals surface area contributed by atoms with Crippen molar-refractivity contribution in [2.24, 2.45) is 0 Å². The summed E-state index contributed by atoms with van der Waals surface area (Å²) in [7, 11) is 0. The molecule has 0 aliphatic heterocycles. The van der Waals surface area contributed by atoms with Crippen LogP contribution in [0.25, 0.3) is 33.2 Å². The third-order valence-electron chi connectivity index (χ3n) is 4.93. The van der Waals surface area contributed by atoms with E-state index in [0.29, 0.717) is 0 Å². The number of benzene rings is 3. The maximum Gasteiger partial charge on any atom is 0.360 e. The third kappa shape index (κ3) is 1.98. The van der Waals surface area contributed by atoms with Gasteiger partial charge in [0.2, 0.25) is 0 Å². The molecule has 0 fully saturated rings. The van der Waals surface area contributed by atoms with E-state index < -0.39 is 0 Å². The van der Waals surface area contributed by atoms with E-state index in [1.165, 1.54) is 33.0 Å². The van der Waals surface area contributed by atoms with Gasteiger partial charge in [-0.25, -0.2) is 4.42 Å². The first-order chi connectivity index (χ1) is 11.8. The molecule has 4 aromatic rings. The fourth-order valence-corrected chi connectivity index (χ4v) is 3.77. The van der Waals surface area contributed by atoms with Gasteiger partial charge in [-0.2, -0.15) is 0 Å². The second kappa shape index (κ2) is 5.04. The normalized spacial score (nSPS) is 12.2. The van der Waals surface area contributed by atoms with Crippen LogP contribution in [0.1, 0.15) is 16.9 Å². The topological polar surface area (TPSA) is 11.3 Å². The molecule has 0 spiro atoms. The quantitative estimate of drug-likeness (QED) is 0.333. The van der Waals surface area contributed by atoms with Crippen molar-refractivity contribution < 1.29 is 4.42 Å². The smallest absolute Gasteiger partial charge is 0.211 e. The summed E-state index contributed by atoms with van der Waals surface area (Å²) >= 11 is 0. The maximum atomic E-state index is 6.32. The lowest BCUT2D eigenvalue weighted by molar-refractivity contribution is 0.523. The van der Waals surface area contributed by atoms with Crippen LogP contribution in [-0.2, 0) is 6.42 Å². The van der Waals surface area contributed by atoms with E-state index in [-0.39, 0.29) is 0 Å². The molecule has 0 saturated heterocycles. The Kier molecular flexibility index (Phi) is 2.83. The summed E-state index contributed by atoms with van der Waals surface area (Å²) in [6.07, 6.45) is 0.883. The minimum Gasteiger partial charge on any atom is -0.211 e. The van der Waals surface area contributed by atoms with E-state index in [1.54, 1.807) is 0 Å². The molecule has 5 rings (SSSR count). The van der Waals surface area contributed by atoms with Gasteiger partial charge in [-0.3, -0.25) is 0 Å². The molecule has 1 aliphatic rings. The van der Waals surface area contributed by atoms with E-state index in [0.717, 1.165) is 23.5 Å². The number of fused-ring (bicyclic) bond motifs is 4. The first-order valence-corrected chi connectivity index (χ1v) is 8.34. The minimum absolute atomic E-state index is 0.883. The summed E-state index contributed by atoms with van der Waals surface area (Å²) in [4.78, 5) is 0. The first-order valence-electron chi connectivity index (χ1n) is 8.34. The van der Waals surface area contributed by atoms with Gasteiger partial charge < -0.3 is 0 Å². The molecule has 1 heterocycles. The summed E-state index contributed by atoms with van der Waals surface area (Å²) in [5.41, 5.74) is 6.36. The molecule has 1 aromatic heterocycles. The molecule has 0 saturated carbocycles. The Balaban J connectivity index is 1.68. The molecule has 0 bridgehead atoms. The molecule has 0 N–H and O–H groups in total. The van der Waals surface area contributed by atoms with Crippen LogP contribution in [0.2, 0.25) is 0 Å². The molecule has 3 aromatic carbocycles. The van der Waals surface area contributed by atoms with Crippen LogP contribution in [-0.4, -0.2) is 0 Å². The molecule has 0 radical (unpaired) electrons. The van der Waals surface area contributed by atoms with Crippen LogP contribution < -0.4 is 0 Å². The minimum atomic E-state index is 0.883. The third-order valence-corrected chi connectivity index (χ3v) is 4.93. The van der Waals surface area contributed by atoms with Crippen molar-refractivity contribution in [3.8, 4) is 22.5 Å². The number of hydrogen-bond donors (Lipinski definition) is 0. The van der Waals surface area contributed by atoms with Crippen LogP contribution in [0.5, 0.6) is 0 Å². The molecule has 0 atom stereocenters. The van der Waals surface area contributed by atoms with Gasteiger partial charge in [-0.05, 0) is 46.5 Å². The van der Waals surface area contributed by atoms with Gasteiger partial charge in [-0.1, -0.05) is 54.6 Å². The predicted octanol–water partition coefficient (Wildman–Crippen LogP) is 6.26. The Morgan fingerprint density at radius 1 is 0.792 bits per heavy atom. The average Bonchev–Trinajstić information content (AvgIpc) is 3.00. The van der Waals surface area contributed by atoms with Crippen molar-refractivity contribution in [1.82, 2.24) is 0 Å². The lowest BCUT2D eigenvalue weighted by Crippen LogP contribution is -1.88. The standard InChI is InChI=1S/C23H17O/c1-15-12-21(19-11-10-16-6-2-3-7-17(16)13-19)24-22-14-18-8-4-5-9-20(18)23(15)22/h2-13H,14H2,1H3/q+1. The largest absolute Gasteiger partial charge is 0.360 e. The van der Waals surface area contributed by atoms with Crippen molar-refractivity contribution in [3.63, 3.8) is 0 Å². The Labute approximate surface area is 141 Å². The van der Waals surface area contributed by atoms with Gasteiger partial charge in [-0.15, -0.1) is 0 Å². The van der Waals surface area contributed by atoms with Crippen LogP contribution in [0.3, 0.4) is 0 Å². The Morgan fingerprint density at radius 2 is 1.58 bits per heavy atom. The SMILES string of the molecule is Cc1cc(-c2ccc3ccccc3c2)[o+]c2c1-c1ccccc1C2. The van der Waals surface area contributed by atoms with Crippen molar-refractivity contribution >= 4 is 10.8 Å². The Bertz CT molecular complexity index is 1090. The molecule has 0 unspecified atom stereocenters. The summed E-state index contributed by atoms with van der Waals surface area (Å²) in [6.45, 7) is 2.18. The van der Waals surface area contributed by atoms with Crippen LogP contribution in [0.4, 0.5) is 0 Å². The van der Waals surface area contributed by atoms with Crippen LogP contribution in [0, 0.1) is 6.92 Å². The van der Waals surface area contributed by atoms with Crippen molar-refractivity contribution in [2.45, 2.75) is 13.3 Å². The molecule has 0 amide bonds. The van der Waals surface area contributed by atoms with Gasteiger partial charge in [0.05, 0.1) is 17.5 Å². The number of rotatable bonds is 1. The monoisotopic (exact) mass is 309 g/mol. The zero-order chi connectivity index (χ0) is 16.1. The zero-order valence-electron chi connectivity index (χ0n) is 13.5. The molecule has 114 valence electrons. The Hall–Kier alpha value is -2.93. The zero-order valence-corrected chi connectivity index (χ0v) is 13.5. The summed E-state index contributed by atoms with van der Waals surface area (Å²) in [5.74, 6) is 2.03. The second-order valence-corrected chi connectivity index (χ2v) is 6.49. The van der Waals surface area contributed by atoms with Gasteiger partial charge in [0, 0.05) is 6.07 Å². The molecule has 1 nitrogen and oxygen atoms in total. The van der Waals surface area contributed by atoms with Crippen molar-refractivity contribution in [2.75, 3.05) is 0 Å². The summed E-state index contributed by atoms with van der Waals surface area (Å²) < 4.78 is 6.32. The van der Waals surface area contributed by atoms with Crippen molar-refractivity contribution in [3.05, 3.63) is 89.7 Å². The first kappa shape index (κ1) is 13.5. The van der Waals surface area contributed by atoms with E-state index in [2.05, 4.69) is 79.7 Å². The maximum absolute atomic E-state index is 6.32. The lowest BCUT2D eigenvalue weighted by atomic mass is 10.0. The van der Waals surface area contributed by atoms with Crippen LogP contribution >= 0.6 is 0 Å². The van der Waals surface area contributed by atoms with E-state index in [9.17, 15) is 0 Å². The Morgan fingerprint density at radius 3 is 2.50 bits per heavy atom. The summed E-state index contributed by atoms with van der Waals surface area (Å²) in [6, 6.07) is 25.7. The fraction of sp³-hybridized carbons (Fsp3) is 0.0870. The van der Waals surface area contributed by atoms with Crippen molar-refractivity contribution in [1.29, 1.82) is 0 Å². The highest BCUT2D eigenvalue weighted by molar-refractivity contribution is 5.87.